The van der Waals surface area contributed by atoms with Gasteiger partial charge in [-0.1, -0.05) is 36.4 Å². The van der Waals surface area contributed by atoms with Crippen LogP contribution in [-0.2, 0) is 13.1 Å². The molecule has 2 aromatic carbocycles. The van der Waals surface area contributed by atoms with Gasteiger partial charge in [-0.25, -0.2) is 0 Å². The molecule has 134 valence electrons. The molecule has 0 bridgehead atoms. The Bertz CT molecular complexity index is 592. The van der Waals surface area contributed by atoms with Gasteiger partial charge < -0.3 is 21.3 Å². The number of hydrogen-bond acceptors (Lipinski definition) is 5. The molecule has 3 rings (SSSR count). The predicted octanol–water partition coefficient (Wildman–Crippen LogP) is 2.67. The number of para-hydroxylation sites is 1. The monoisotopic (exact) mass is 356 g/mol. The standard InChI is InChI=1S/C20H28N4S/c1-3-7-19-17(5-1)15-22-11-9-21-10-12-23-16-18-6-2-4-8-20(18)25-14-13-24-19/h1-8,21-24H,9-16H2. The molecular weight excluding hydrogens is 328 g/mol. The molecule has 0 amide bonds. The average molecular weight is 357 g/mol. The van der Waals surface area contributed by atoms with Crippen molar-refractivity contribution in [3.05, 3.63) is 59.7 Å². The third-order valence-corrected chi connectivity index (χ3v) is 5.37. The maximum atomic E-state index is 3.60. The number of fused-ring (bicyclic) bond motifs is 2. The van der Waals surface area contributed by atoms with Crippen molar-refractivity contribution in [3.63, 3.8) is 0 Å². The van der Waals surface area contributed by atoms with Gasteiger partial charge in [0, 0.05) is 62.1 Å². The van der Waals surface area contributed by atoms with E-state index in [1.807, 2.05) is 11.8 Å². The van der Waals surface area contributed by atoms with Crippen molar-refractivity contribution in [3.8, 4) is 0 Å². The summed E-state index contributed by atoms with van der Waals surface area (Å²) in [7, 11) is 0. The second-order valence-corrected chi connectivity index (χ2v) is 7.28. The Kier molecular flexibility index (Phi) is 7.64. The molecule has 0 saturated heterocycles. The third-order valence-electron chi connectivity index (χ3n) is 4.25. The first kappa shape index (κ1) is 18.3. The van der Waals surface area contributed by atoms with E-state index in [0.717, 1.165) is 51.6 Å². The van der Waals surface area contributed by atoms with E-state index in [9.17, 15) is 0 Å². The lowest BCUT2D eigenvalue weighted by Crippen LogP contribution is -2.32. The summed E-state index contributed by atoms with van der Waals surface area (Å²) >= 11 is 1.93. The molecule has 4 nitrogen and oxygen atoms in total. The minimum absolute atomic E-state index is 0.902. The van der Waals surface area contributed by atoms with E-state index in [0.29, 0.717) is 0 Å². The van der Waals surface area contributed by atoms with Gasteiger partial charge in [-0.2, -0.15) is 0 Å². The van der Waals surface area contributed by atoms with Crippen molar-refractivity contribution >= 4 is 17.4 Å². The Hall–Kier alpha value is -1.53. The molecule has 1 heterocycles. The van der Waals surface area contributed by atoms with E-state index in [4.69, 9.17) is 0 Å². The molecule has 0 saturated carbocycles. The van der Waals surface area contributed by atoms with Crippen LogP contribution in [0.3, 0.4) is 0 Å². The Balaban J connectivity index is 1.64. The number of thioether (sulfide) groups is 1. The lowest BCUT2D eigenvalue weighted by atomic mass is 10.1. The van der Waals surface area contributed by atoms with Crippen LogP contribution in [0.5, 0.6) is 0 Å². The second-order valence-electron chi connectivity index (χ2n) is 6.14. The molecule has 4 N–H and O–H groups in total. The quantitative estimate of drug-likeness (QED) is 0.585. The molecule has 2 aromatic rings. The van der Waals surface area contributed by atoms with E-state index in [1.54, 1.807) is 0 Å². The highest BCUT2D eigenvalue weighted by atomic mass is 32.2. The van der Waals surface area contributed by atoms with Gasteiger partial charge in [-0.15, -0.1) is 11.8 Å². The van der Waals surface area contributed by atoms with Gasteiger partial charge in [0.1, 0.15) is 0 Å². The van der Waals surface area contributed by atoms with Gasteiger partial charge in [-0.05, 0) is 23.3 Å². The maximum Gasteiger partial charge on any atom is 0.0386 e. The fourth-order valence-corrected chi connectivity index (χ4v) is 3.83. The number of anilines is 1. The molecule has 0 spiro atoms. The third kappa shape index (κ3) is 6.04. The summed E-state index contributed by atoms with van der Waals surface area (Å²) in [5, 5.41) is 14.1. The lowest BCUT2D eigenvalue weighted by Gasteiger charge is -2.13. The van der Waals surface area contributed by atoms with Crippen molar-refractivity contribution in [1.29, 1.82) is 0 Å². The molecule has 0 fully saturated rings. The van der Waals surface area contributed by atoms with E-state index < -0.39 is 0 Å². The summed E-state index contributed by atoms with van der Waals surface area (Å²) in [5.74, 6) is 1.06. The highest BCUT2D eigenvalue weighted by Crippen LogP contribution is 2.23. The topological polar surface area (TPSA) is 48.1 Å². The molecule has 0 atom stereocenters. The van der Waals surface area contributed by atoms with Gasteiger partial charge in [0.25, 0.3) is 0 Å². The first-order valence-electron chi connectivity index (χ1n) is 9.08. The van der Waals surface area contributed by atoms with Crippen LogP contribution in [0.2, 0.25) is 0 Å². The Morgan fingerprint density at radius 1 is 0.640 bits per heavy atom. The van der Waals surface area contributed by atoms with Crippen LogP contribution in [0.4, 0.5) is 5.69 Å². The second kappa shape index (κ2) is 10.5. The first-order chi connectivity index (χ1) is 12.4. The Morgan fingerprint density at radius 3 is 2.12 bits per heavy atom. The average Bonchev–Trinajstić information content (AvgIpc) is 2.65. The molecule has 5 heteroatoms. The van der Waals surface area contributed by atoms with Crippen LogP contribution >= 0.6 is 11.8 Å². The highest BCUT2D eigenvalue weighted by Gasteiger charge is 2.04. The predicted molar refractivity (Wildman–Crippen MR) is 108 cm³/mol. The smallest absolute Gasteiger partial charge is 0.0386 e. The van der Waals surface area contributed by atoms with Crippen LogP contribution in [-0.4, -0.2) is 38.5 Å². The number of hydrogen-bond donors (Lipinski definition) is 4. The minimum Gasteiger partial charge on any atom is -0.384 e. The van der Waals surface area contributed by atoms with E-state index >= 15 is 0 Å². The fourth-order valence-electron chi connectivity index (χ4n) is 2.91. The molecule has 1 aliphatic rings. The summed E-state index contributed by atoms with van der Waals surface area (Å²) in [6, 6.07) is 17.3. The van der Waals surface area contributed by atoms with Gasteiger partial charge in [0.2, 0.25) is 0 Å². The van der Waals surface area contributed by atoms with E-state index in [2.05, 4.69) is 69.8 Å². The van der Waals surface area contributed by atoms with Crippen LogP contribution in [0.1, 0.15) is 11.1 Å². The lowest BCUT2D eigenvalue weighted by molar-refractivity contribution is 0.579. The van der Waals surface area contributed by atoms with Gasteiger partial charge >= 0.3 is 0 Å². The zero-order valence-electron chi connectivity index (χ0n) is 14.7. The zero-order valence-corrected chi connectivity index (χ0v) is 15.5. The molecular formula is C20H28N4S. The molecule has 0 aromatic heterocycles. The van der Waals surface area contributed by atoms with Crippen molar-refractivity contribution in [2.45, 2.75) is 18.0 Å². The zero-order chi connectivity index (χ0) is 17.2. The maximum absolute atomic E-state index is 3.60. The SMILES string of the molecule is c1ccc2c(c1)CNCCNCCNCc1ccccc1SCCN2. The molecule has 1 aliphatic heterocycles. The van der Waals surface area contributed by atoms with Crippen LogP contribution < -0.4 is 21.3 Å². The molecule has 0 unspecified atom stereocenters. The van der Waals surface area contributed by atoms with E-state index in [1.165, 1.54) is 21.7 Å². The highest BCUT2D eigenvalue weighted by molar-refractivity contribution is 7.99. The summed E-state index contributed by atoms with van der Waals surface area (Å²) in [6.45, 7) is 6.75. The van der Waals surface area contributed by atoms with Gasteiger partial charge in [0.15, 0.2) is 0 Å². The van der Waals surface area contributed by atoms with Crippen molar-refractivity contribution in [2.75, 3.05) is 43.8 Å². The Labute approximate surface area is 155 Å². The van der Waals surface area contributed by atoms with Gasteiger partial charge in [0.05, 0.1) is 0 Å². The van der Waals surface area contributed by atoms with Crippen molar-refractivity contribution in [1.82, 2.24) is 16.0 Å². The van der Waals surface area contributed by atoms with Crippen LogP contribution in [0, 0.1) is 0 Å². The van der Waals surface area contributed by atoms with Gasteiger partial charge in [-0.3, -0.25) is 0 Å². The number of nitrogens with one attached hydrogen (secondary N) is 4. The summed E-state index contributed by atoms with van der Waals surface area (Å²) < 4.78 is 0. The van der Waals surface area contributed by atoms with Crippen molar-refractivity contribution in [2.24, 2.45) is 0 Å². The molecule has 0 aliphatic carbocycles. The van der Waals surface area contributed by atoms with E-state index in [-0.39, 0.29) is 0 Å². The van der Waals surface area contributed by atoms with Crippen LogP contribution in [0.15, 0.2) is 53.4 Å². The molecule has 0 radical (unpaired) electrons. The fraction of sp³-hybridized carbons (Fsp3) is 0.400. The minimum atomic E-state index is 0.902. The largest absolute Gasteiger partial charge is 0.384 e. The normalized spacial score (nSPS) is 17.6. The Morgan fingerprint density at radius 2 is 1.28 bits per heavy atom. The summed E-state index contributed by atoms with van der Waals surface area (Å²) in [4.78, 5) is 1.38. The molecule has 25 heavy (non-hydrogen) atoms. The summed E-state index contributed by atoms with van der Waals surface area (Å²) in [5.41, 5.74) is 3.96. The first-order valence-corrected chi connectivity index (χ1v) is 10.1. The summed E-state index contributed by atoms with van der Waals surface area (Å²) in [6.07, 6.45) is 0. The van der Waals surface area contributed by atoms with Crippen molar-refractivity contribution < 1.29 is 0 Å². The number of benzene rings is 2. The number of rotatable bonds is 0. The van der Waals surface area contributed by atoms with Crippen LogP contribution in [0.25, 0.3) is 0 Å².